The molecule has 1 fully saturated rings. The van der Waals surface area contributed by atoms with Gasteiger partial charge in [0.05, 0.1) is 6.04 Å². The van der Waals surface area contributed by atoms with Crippen molar-refractivity contribution in [3.63, 3.8) is 0 Å². The van der Waals surface area contributed by atoms with Crippen LogP contribution in [0.1, 0.15) is 50.6 Å². The van der Waals surface area contributed by atoms with Gasteiger partial charge < -0.3 is 5.32 Å². The monoisotopic (exact) mass is 293 g/mol. The Labute approximate surface area is 124 Å². The molecule has 0 radical (unpaired) electrons. The van der Waals surface area contributed by atoms with Gasteiger partial charge in [-0.3, -0.25) is 9.59 Å². The van der Waals surface area contributed by atoms with Crippen LogP contribution in [0.5, 0.6) is 0 Å². The van der Waals surface area contributed by atoms with Gasteiger partial charge >= 0.3 is 0 Å². The van der Waals surface area contributed by atoms with E-state index in [1.807, 2.05) is 31.2 Å². The molecule has 1 aromatic carbocycles. The van der Waals surface area contributed by atoms with E-state index in [0.717, 1.165) is 12.0 Å². The van der Waals surface area contributed by atoms with Gasteiger partial charge in [-0.2, -0.15) is 0 Å². The summed E-state index contributed by atoms with van der Waals surface area (Å²) in [5, 5.41) is 3.76. The first-order valence-electron chi connectivity index (χ1n) is 7.17. The zero-order valence-electron chi connectivity index (χ0n) is 11.7. The maximum Gasteiger partial charge on any atom is 0.223 e. The second-order valence-corrected chi connectivity index (χ2v) is 5.77. The smallest absolute Gasteiger partial charge is 0.223 e. The van der Waals surface area contributed by atoms with Crippen LogP contribution in [0.3, 0.4) is 0 Å². The molecule has 108 valence electrons. The van der Waals surface area contributed by atoms with E-state index >= 15 is 0 Å². The minimum atomic E-state index is -0.0269. The Hall–Kier alpha value is -1.35. The lowest BCUT2D eigenvalue weighted by molar-refractivity contribution is -0.129. The largest absolute Gasteiger partial charge is 0.349 e. The highest BCUT2D eigenvalue weighted by Crippen LogP contribution is 2.25. The third-order valence-electron chi connectivity index (χ3n) is 3.89. The van der Waals surface area contributed by atoms with Crippen molar-refractivity contribution in [3.8, 4) is 0 Å². The number of Topliss-reactive ketones (excluding diaryl/α,β-unsaturated/α-hetero) is 1. The predicted molar refractivity (Wildman–Crippen MR) is 79.6 cm³/mol. The minimum Gasteiger partial charge on any atom is -0.349 e. The maximum absolute atomic E-state index is 12.3. The van der Waals surface area contributed by atoms with Crippen molar-refractivity contribution in [2.45, 2.75) is 45.1 Å². The van der Waals surface area contributed by atoms with Gasteiger partial charge in [-0.25, -0.2) is 0 Å². The highest BCUT2D eigenvalue weighted by molar-refractivity contribution is 6.30. The quantitative estimate of drug-likeness (QED) is 0.921. The molecule has 2 rings (SSSR count). The van der Waals surface area contributed by atoms with E-state index in [4.69, 9.17) is 11.6 Å². The van der Waals surface area contributed by atoms with Crippen LogP contribution in [0.4, 0.5) is 0 Å². The molecule has 0 aliphatic heterocycles. The second-order valence-electron chi connectivity index (χ2n) is 5.34. The van der Waals surface area contributed by atoms with Gasteiger partial charge in [0.2, 0.25) is 5.91 Å². The molecule has 0 heterocycles. The fraction of sp³-hybridized carbons (Fsp3) is 0.500. The average Bonchev–Trinajstić information content (AvgIpc) is 2.45. The lowest BCUT2D eigenvalue weighted by atomic mass is 9.87. The van der Waals surface area contributed by atoms with E-state index in [9.17, 15) is 9.59 Å². The third-order valence-corrected chi connectivity index (χ3v) is 4.12. The Morgan fingerprint density at radius 1 is 1.40 bits per heavy atom. The van der Waals surface area contributed by atoms with Crippen molar-refractivity contribution in [2.75, 3.05) is 0 Å². The lowest BCUT2D eigenvalue weighted by Crippen LogP contribution is -2.35. The summed E-state index contributed by atoms with van der Waals surface area (Å²) in [5.74, 6) is 0.307. The molecule has 20 heavy (non-hydrogen) atoms. The molecule has 1 aliphatic carbocycles. The fourth-order valence-corrected chi connectivity index (χ4v) is 2.83. The summed E-state index contributed by atoms with van der Waals surface area (Å²) >= 11 is 6.00. The molecule has 1 N–H and O–H groups in total. The number of nitrogens with one attached hydrogen (secondary N) is 1. The molecule has 0 bridgehead atoms. The van der Waals surface area contributed by atoms with Crippen molar-refractivity contribution in [1.29, 1.82) is 0 Å². The normalized spacial score (nSPS) is 17.8. The van der Waals surface area contributed by atoms with Gasteiger partial charge in [0.15, 0.2) is 0 Å². The molecule has 3 nitrogen and oxygen atoms in total. The van der Waals surface area contributed by atoms with E-state index in [0.29, 0.717) is 30.7 Å². The molecular formula is C16H20ClNO2. The number of halogens is 1. The number of ketones is 1. The molecule has 0 saturated heterocycles. The summed E-state index contributed by atoms with van der Waals surface area (Å²) in [7, 11) is 0. The second kappa shape index (κ2) is 6.89. The standard InChI is InChI=1S/C16H20ClNO2/c1-2-15(12-4-3-5-13(17)10-12)18-16(20)11-6-8-14(19)9-7-11/h3-5,10-11,15H,2,6-9H2,1H3,(H,18,20)/t15-/m1/s1. The average molecular weight is 294 g/mol. The summed E-state index contributed by atoms with van der Waals surface area (Å²) in [5.41, 5.74) is 1.03. The number of benzene rings is 1. The Bertz CT molecular complexity index is 491. The number of carbonyl (C=O) groups is 2. The molecule has 0 spiro atoms. The first-order valence-corrected chi connectivity index (χ1v) is 7.55. The van der Waals surface area contributed by atoms with E-state index in [-0.39, 0.29) is 23.7 Å². The van der Waals surface area contributed by atoms with Crippen LogP contribution in [0.15, 0.2) is 24.3 Å². The molecule has 1 atom stereocenters. The van der Waals surface area contributed by atoms with E-state index in [2.05, 4.69) is 5.32 Å². The number of rotatable bonds is 4. The van der Waals surface area contributed by atoms with Gasteiger partial charge in [-0.15, -0.1) is 0 Å². The summed E-state index contributed by atoms with van der Waals surface area (Å²) in [6.45, 7) is 2.04. The Morgan fingerprint density at radius 3 is 2.70 bits per heavy atom. The van der Waals surface area contributed by atoms with Crippen LogP contribution in [-0.2, 0) is 9.59 Å². The Balaban J connectivity index is 1.99. The van der Waals surface area contributed by atoms with Crippen molar-refractivity contribution in [2.24, 2.45) is 5.92 Å². The summed E-state index contributed by atoms with van der Waals surface area (Å²) < 4.78 is 0. The number of carbonyl (C=O) groups excluding carboxylic acids is 2. The molecule has 1 amide bonds. The minimum absolute atomic E-state index is 0.0150. The van der Waals surface area contributed by atoms with E-state index in [1.54, 1.807) is 0 Å². The zero-order chi connectivity index (χ0) is 14.5. The first-order chi connectivity index (χ1) is 9.60. The molecule has 1 aromatic rings. The zero-order valence-corrected chi connectivity index (χ0v) is 12.5. The highest BCUT2D eigenvalue weighted by Gasteiger charge is 2.26. The van der Waals surface area contributed by atoms with Gasteiger partial charge in [0, 0.05) is 23.8 Å². The van der Waals surface area contributed by atoms with Gasteiger partial charge in [-0.05, 0) is 37.0 Å². The first kappa shape index (κ1) is 15.0. The van der Waals surface area contributed by atoms with E-state index < -0.39 is 0 Å². The van der Waals surface area contributed by atoms with Gasteiger partial charge in [0.25, 0.3) is 0 Å². The number of amides is 1. The predicted octanol–water partition coefficient (Wildman–Crippen LogP) is 3.67. The summed E-state index contributed by atoms with van der Waals surface area (Å²) in [4.78, 5) is 23.5. The summed E-state index contributed by atoms with van der Waals surface area (Å²) in [6.07, 6.45) is 3.24. The highest BCUT2D eigenvalue weighted by atomic mass is 35.5. The van der Waals surface area contributed by atoms with Crippen LogP contribution in [0.25, 0.3) is 0 Å². The van der Waals surface area contributed by atoms with Crippen LogP contribution in [0, 0.1) is 5.92 Å². The van der Waals surface area contributed by atoms with Gasteiger partial charge in [-0.1, -0.05) is 30.7 Å². The van der Waals surface area contributed by atoms with E-state index in [1.165, 1.54) is 0 Å². The van der Waals surface area contributed by atoms with Crippen LogP contribution >= 0.6 is 11.6 Å². The Kier molecular flexibility index (Phi) is 5.18. The molecule has 0 aromatic heterocycles. The van der Waals surface area contributed by atoms with Crippen molar-refractivity contribution in [3.05, 3.63) is 34.9 Å². The SMILES string of the molecule is CC[C@@H](NC(=O)C1CCC(=O)CC1)c1cccc(Cl)c1. The molecule has 0 unspecified atom stereocenters. The van der Waals surface area contributed by atoms with Crippen molar-refractivity contribution >= 4 is 23.3 Å². The van der Waals surface area contributed by atoms with Crippen LogP contribution in [-0.4, -0.2) is 11.7 Å². The molecule has 4 heteroatoms. The molecular weight excluding hydrogens is 274 g/mol. The van der Waals surface area contributed by atoms with Crippen LogP contribution < -0.4 is 5.32 Å². The number of hydrogen-bond acceptors (Lipinski definition) is 2. The topological polar surface area (TPSA) is 46.2 Å². The Morgan fingerprint density at radius 2 is 2.10 bits per heavy atom. The lowest BCUT2D eigenvalue weighted by Gasteiger charge is -2.24. The van der Waals surface area contributed by atoms with Crippen molar-refractivity contribution in [1.82, 2.24) is 5.32 Å². The third kappa shape index (κ3) is 3.83. The fourth-order valence-electron chi connectivity index (χ4n) is 2.64. The number of hydrogen-bond donors (Lipinski definition) is 1. The molecule has 1 saturated carbocycles. The molecule has 1 aliphatic rings. The van der Waals surface area contributed by atoms with Gasteiger partial charge in [0.1, 0.15) is 5.78 Å². The maximum atomic E-state index is 12.3. The van der Waals surface area contributed by atoms with Crippen molar-refractivity contribution < 1.29 is 9.59 Å². The summed E-state index contributed by atoms with van der Waals surface area (Å²) in [6, 6.07) is 7.57. The van der Waals surface area contributed by atoms with Crippen LogP contribution in [0.2, 0.25) is 5.02 Å².